The Kier molecular flexibility index (Phi) is 48.3. The molecule has 3 aromatic carbocycles. The monoisotopic (exact) mass is 2010 g/mol. The lowest BCUT2D eigenvalue weighted by Crippen LogP contribution is -2.63. The summed E-state index contributed by atoms with van der Waals surface area (Å²) in [6, 6.07) is -8.10. The smallest absolute Gasteiger partial charge is 0.327 e. The van der Waals surface area contributed by atoms with Crippen molar-refractivity contribution in [1.82, 2.24) is 105 Å². The number of thiol groups is 1. The molecule has 2 heterocycles. The SMILES string of the molecule is C[C@H](NC(=O)[C@H](CC(N)=O)NC(=O)[C@H](CCC(=O)O)NC(=O)[C@H](CCC(N)=O)NC(=O)[C@H](CO)NC(=O)[C@H](Cc1ccccc1)NC(=O)[C@@H](N)[C@@H](C)O)C(=O)N[C@@H](CCC(=O)O)C(=O)N[C@H](C(=O)N[C@@H](Cc1cnc[nH]1)C(=O)N[C@@H](C)C(=O)N[C@@H](Cc1c[nH]c2ccccc12)C(=O)N[C@@H](Cc1ccccc1)C(=O)N[C@H](C(=O)N[C@@H](CO)C(=O)N[C@@H](CCCNC(=N)N)C(=O)N[C@@H](CS)C(=O)O)[C@@H](C)O)[C@@H](C)O. The summed E-state index contributed by atoms with van der Waals surface area (Å²) in [4.78, 5) is 296. The van der Waals surface area contributed by atoms with Gasteiger partial charge in [-0.05, 0) is 89.5 Å². The van der Waals surface area contributed by atoms with Crippen LogP contribution >= 0.6 is 12.6 Å². The number of hydrogen-bond acceptors (Lipinski definition) is 30. The van der Waals surface area contributed by atoms with Gasteiger partial charge < -0.3 is 164 Å². The molecular formula is C87H123N25O29S. The number of carboxylic acids is 3. The molecular weight excluding hydrogens is 1890 g/mol. The first kappa shape index (κ1) is 117. The number of carboxylic acid groups (broad SMARTS) is 3. The molecule has 776 valence electrons. The molecule has 2 aromatic heterocycles. The van der Waals surface area contributed by atoms with E-state index in [1.54, 1.807) is 84.9 Å². The summed E-state index contributed by atoms with van der Waals surface area (Å²) < 4.78 is 0. The number of nitrogens with zero attached hydrogens (tertiary/aromatic N) is 1. The second-order valence-corrected chi connectivity index (χ2v) is 33.4. The number of hydrogen-bond donors (Lipinski definition) is 33. The van der Waals surface area contributed by atoms with Gasteiger partial charge >= 0.3 is 17.9 Å². The number of guanidine groups is 1. The van der Waals surface area contributed by atoms with Crippen molar-refractivity contribution in [2.45, 2.75) is 239 Å². The van der Waals surface area contributed by atoms with Gasteiger partial charge in [-0.15, -0.1) is 0 Å². The molecule has 0 unspecified atom stereocenters. The lowest BCUT2D eigenvalue weighted by Gasteiger charge is -2.28. The van der Waals surface area contributed by atoms with Crippen LogP contribution in [0, 0.1) is 5.41 Å². The van der Waals surface area contributed by atoms with E-state index in [-0.39, 0.29) is 50.1 Å². The number of imidazole rings is 1. The van der Waals surface area contributed by atoms with Gasteiger partial charge in [-0.3, -0.25) is 101 Å². The number of carbonyl (C=O) groups is 21. The van der Waals surface area contributed by atoms with Crippen LogP contribution in [0.1, 0.15) is 115 Å². The number of aromatic nitrogens is 3. The largest absolute Gasteiger partial charge is 0.481 e. The van der Waals surface area contributed by atoms with Gasteiger partial charge in [0.15, 0.2) is 5.96 Å². The zero-order valence-corrected chi connectivity index (χ0v) is 78.6. The molecule has 20 atom stereocenters. The molecule has 0 spiro atoms. The number of H-pyrrole nitrogens is 2. The number of aromatic amines is 2. The predicted molar refractivity (Wildman–Crippen MR) is 501 cm³/mol. The summed E-state index contributed by atoms with van der Waals surface area (Å²) in [6.45, 7) is 3.08. The van der Waals surface area contributed by atoms with Gasteiger partial charge in [0, 0.05) is 86.2 Å². The van der Waals surface area contributed by atoms with Crippen molar-refractivity contribution in [3.63, 3.8) is 0 Å². The number of rotatable bonds is 62. The van der Waals surface area contributed by atoms with Gasteiger partial charge in [-0.1, -0.05) is 78.9 Å². The Morgan fingerprint density at radius 1 is 0.387 bits per heavy atom. The normalized spacial score (nSPS) is 15.3. The third kappa shape index (κ3) is 39.5. The van der Waals surface area contributed by atoms with Crippen LogP contribution in [-0.4, -0.2) is 333 Å². The fourth-order valence-corrected chi connectivity index (χ4v) is 13.9. The Bertz CT molecular complexity index is 5230. The molecule has 0 radical (unpaired) electrons. The molecule has 0 aliphatic heterocycles. The maximum absolute atomic E-state index is 15.1. The fraction of sp³-hybridized carbons (Fsp3) is 0.483. The number of primary amides is 2. The summed E-state index contributed by atoms with van der Waals surface area (Å²) in [5, 5.41) is 129. The highest BCUT2D eigenvalue weighted by Crippen LogP contribution is 2.21. The average Bonchev–Trinajstić information content (AvgIpc) is 1.69. The minimum absolute atomic E-state index is 0.00593. The number of nitrogens with two attached hydrogens (primary N) is 4. The molecule has 55 heteroatoms. The molecule has 0 saturated heterocycles. The van der Waals surface area contributed by atoms with E-state index in [0.717, 1.165) is 27.7 Å². The van der Waals surface area contributed by atoms with Crippen LogP contribution in [-0.2, 0) is 126 Å². The van der Waals surface area contributed by atoms with Gasteiger partial charge in [0.05, 0.1) is 44.3 Å². The second kappa shape index (κ2) is 58.5. The van der Waals surface area contributed by atoms with E-state index in [0.29, 0.717) is 27.6 Å². The fourth-order valence-electron chi connectivity index (χ4n) is 13.7. The number of para-hydroxylation sites is 1. The molecule has 0 fully saturated rings. The predicted octanol–water partition coefficient (Wildman–Crippen LogP) is -11.4. The quantitative estimate of drug-likeness (QED) is 0.00744. The molecule has 5 rings (SSSR count). The Morgan fingerprint density at radius 2 is 0.746 bits per heavy atom. The number of aliphatic carboxylic acids is 3. The minimum atomic E-state index is -2.12. The number of carbonyl (C=O) groups excluding carboxylic acids is 18. The highest BCUT2D eigenvalue weighted by Gasteiger charge is 2.41. The van der Waals surface area contributed by atoms with Gasteiger partial charge in [0.1, 0.15) is 103 Å². The summed E-state index contributed by atoms with van der Waals surface area (Å²) in [6.07, 6.45) is -8.64. The first-order chi connectivity index (χ1) is 67.0. The summed E-state index contributed by atoms with van der Waals surface area (Å²) in [5.74, 6) is -27.4. The molecule has 0 aliphatic carbocycles. The van der Waals surface area contributed by atoms with Crippen molar-refractivity contribution < 1.29 is 142 Å². The van der Waals surface area contributed by atoms with Crippen LogP contribution in [0.25, 0.3) is 10.9 Å². The first-order valence-corrected chi connectivity index (χ1v) is 45.1. The van der Waals surface area contributed by atoms with Crippen LogP contribution in [0.15, 0.2) is 104 Å². The molecule has 5 aromatic rings. The van der Waals surface area contributed by atoms with Crippen LogP contribution in [0.4, 0.5) is 0 Å². The topological polar surface area (TPSA) is 897 Å². The van der Waals surface area contributed by atoms with E-state index >= 15 is 4.79 Å². The van der Waals surface area contributed by atoms with Crippen molar-refractivity contribution in [3.8, 4) is 0 Å². The zero-order valence-electron chi connectivity index (χ0n) is 77.7. The Morgan fingerprint density at radius 3 is 1.18 bits per heavy atom. The summed E-state index contributed by atoms with van der Waals surface area (Å²) >= 11 is 3.94. The van der Waals surface area contributed by atoms with E-state index in [4.69, 9.17) is 28.3 Å². The Labute approximate surface area is 816 Å². The van der Waals surface area contributed by atoms with Crippen LogP contribution in [0.2, 0.25) is 0 Å². The van der Waals surface area contributed by atoms with E-state index in [9.17, 15) is 137 Å². The third-order valence-electron chi connectivity index (χ3n) is 21.6. The highest BCUT2D eigenvalue weighted by molar-refractivity contribution is 7.80. The number of aliphatic hydroxyl groups is 5. The number of benzene rings is 3. The molecule has 54 nitrogen and oxygen atoms in total. The lowest BCUT2D eigenvalue weighted by molar-refractivity contribution is -0.142. The van der Waals surface area contributed by atoms with Gasteiger partial charge in [0.2, 0.25) is 106 Å². The summed E-state index contributed by atoms with van der Waals surface area (Å²) in [5.41, 5.74) is 24.0. The second-order valence-electron chi connectivity index (χ2n) is 33.0. The lowest BCUT2D eigenvalue weighted by atomic mass is 10.0. The van der Waals surface area contributed by atoms with E-state index in [2.05, 4.69) is 118 Å². The zero-order chi connectivity index (χ0) is 106. The van der Waals surface area contributed by atoms with Gasteiger partial charge in [-0.2, -0.15) is 12.6 Å². The molecule has 0 bridgehead atoms. The van der Waals surface area contributed by atoms with E-state index < -0.39 is 316 Å². The van der Waals surface area contributed by atoms with Crippen molar-refractivity contribution in [2.75, 3.05) is 25.5 Å². The van der Waals surface area contributed by atoms with Gasteiger partial charge in [0.25, 0.3) is 0 Å². The van der Waals surface area contributed by atoms with Gasteiger partial charge in [-0.25, -0.2) is 9.78 Å². The van der Waals surface area contributed by atoms with Crippen molar-refractivity contribution in [3.05, 3.63) is 126 Å². The maximum Gasteiger partial charge on any atom is 0.327 e. The standard InChI is InChI=1S/C87H123N25O29S/c1-40(98-77(131)59(33-64(89)119)105-74(128)53(23-26-65(120)121)101-73(127)52(22-25-63(88)118)102-81(135)60(36-113)108-78(132)55(29-45-15-8-6-9-16-45)106-83(137)67(90)42(3)115)70(124)99-54(24-27-66(122)123)75(129)111-68(43(4)116)84(138)107-58(32-48-35-93-39-96-48)76(130)97-41(2)71(125)103-57(31-47-34-95-50-20-13-12-19-49(47)50)79(133)104-56(30-46-17-10-7-11-18-46)80(134)112-69(44(5)117)85(139)109-61(37-114)82(136)100-51(21-14-28-94-87(91)92)72(126)110-62(38-142)86(140)141/h6-13,15-20,34-35,39-44,51-62,67-69,95,113-117,142H,14,21-33,36-38,90H2,1-5H3,(H2,88,118)(H2,89,119)(H,93,96)(H,97,130)(H,98,131)(H,99,124)(H,100,136)(H,101,127)(H,102,135)(H,103,125)(H,104,133)(H,105,128)(H,106,137)(H,107,138)(H,108,132)(H,109,139)(H,110,126)(H,111,129)(H,112,134)(H,120,121)(H,122,123)(H,140,141)(H4,91,92,94)/t40-,41-,42+,43+,44+,51-,52-,53-,54-,55-,56-,57-,58-,59-,60-,61-,62-,67-,68-,69-/m0/s1. The average molecular weight is 2020 g/mol. The third-order valence-corrected chi connectivity index (χ3v) is 21.9. The molecule has 18 amide bonds. The Balaban J connectivity index is 1.35. The van der Waals surface area contributed by atoms with Crippen molar-refractivity contribution >= 4 is 154 Å². The summed E-state index contributed by atoms with van der Waals surface area (Å²) in [7, 11) is 0. The first-order valence-electron chi connectivity index (χ1n) is 44.4. The Hall–Kier alpha value is -15.3. The molecule has 0 saturated carbocycles. The van der Waals surface area contributed by atoms with Crippen molar-refractivity contribution in [1.29, 1.82) is 5.41 Å². The number of fused-ring (bicyclic) bond motifs is 1. The van der Waals surface area contributed by atoms with Crippen LogP contribution in [0.3, 0.4) is 0 Å². The number of nitrogens with one attached hydrogen (secondary N) is 20. The van der Waals surface area contributed by atoms with E-state index in [1.165, 1.54) is 25.6 Å². The molecule has 142 heavy (non-hydrogen) atoms. The maximum atomic E-state index is 15.1. The number of amides is 18. The van der Waals surface area contributed by atoms with Crippen LogP contribution < -0.4 is 113 Å². The van der Waals surface area contributed by atoms with Crippen LogP contribution in [0.5, 0.6) is 0 Å². The highest BCUT2D eigenvalue weighted by atomic mass is 32.1. The van der Waals surface area contributed by atoms with E-state index in [1.807, 2.05) is 0 Å². The number of aliphatic hydroxyl groups excluding tert-OH is 5. The van der Waals surface area contributed by atoms with Crippen molar-refractivity contribution in [2.24, 2.45) is 22.9 Å². The minimum Gasteiger partial charge on any atom is -0.481 e. The molecule has 0 aliphatic rings. The molecule has 36 N–H and O–H groups in total.